The van der Waals surface area contributed by atoms with Crippen LogP contribution in [0.15, 0.2) is 36.8 Å². The number of fused-ring (bicyclic) bond motifs is 3. The first-order valence-corrected chi connectivity index (χ1v) is 7.17. The topological polar surface area (TPSA) is 47.3 Å². The molecule has 2 aliphatic heterocycles. The summed E-state index contributed by atoms with van der Waals surface area (Å²) in [5, 5.41) is 10.4. The zero-order chi connectivity index (χ0) is 13.3. The lowest BCUT2D eigenvalue weighted by molar-refractivity contribution is -0.250. The first-order chi connectivity index (χ1) is 9.80. The Hall–Kier alpha value is -1.65. The Kier molecular flexibility index (Phi) is 1.94. The van der Waals surface area contributed by atoms with E-state index in [1.165, 1.54) is 16.8 Å². The van der Waals surface area contributed by atoms with Gasteiger partial charge in [0.25, 0.3) is 0 Å². The first-order valence-electron chi connectivity index (χ1n) is 7.17. The van der Waals surface area contributed by atoms with E-state index in [0.29, 0.717) is 0 Å². The van der Waals surface area contributed by atoms with Crippen LogP contribution in [0, 0.1) is 11.3 Å². The molecule has 3 aliphatic rings. The van der Waals surface area contributed by atoms with Crippen molar-refractivity contribution < 1.29 is 9.84 Å². The number of aromatic nitrogens is 2. The molecule has 1 saturated carbocycles. The van der Waals surface area contributed by atoms with Crippen LogP contribution in [0.1, 0.15) is 18.0 Å². The maximum absolute atomic E-state index is 10.4. The van der Waals surface area contributed by atoms with Crippen molar-refractivity contribution in [2.75, 3.05) is 13.2 Å². The second kappa shape index (κ2) is 3.51. The quantitative estimate of drug-likeness (QED) is 0.858. The molecule has 1 aliphatic carbocycles. The summed E-state index contributed by atoms with van der Waals surface area (Å²) in [4.78, 5) is 4.30. The van der Waals surface area contributed by atoms with Gasteiger partial charge in [-0.1, -0.05) is 24.3 Å². The molecule has 102 valence electrons. The standard InChI is InChI=1S/C16H16N2O2/c19-13-5-16(7-20-8-16)14(13)15-11-4-2-1-3-10(11)12-6-17-9-18(12)15/h1-4,6,9,13-15,19H,5,7-8H2/t13-,14+,15-/m0/s1. The lowest BCUT2D eigenvalue weighted by Crippen LogP contribution is -2.64. The molecule has 2 aromatic rings. The third-order valence-corrected chi connectivity index (χ3v) is 5.38. The fraction of sp³-hybridized carbons (Fsp3) is 0.438. The SMILES string of the molecule is O[C@H]1CC2(COC2)[C@H]1[C@@H]1c2ccccc2-c2cncn21. The lowest BCUT2D eigenvalue weighted by atomic mass is 9.53. The number of aliphatic hydroxyl groups excluding tert-OH is 1. The summed E-state index contributed by atoms with van der Waals surface area (Å²) in [6.07, 6.45) is 4.47. The summed E-state index contributed by atoms with van der Waals surface area (Å²) < 4.78 is 7.67. The smallest absolute Gasteiger partial charge is 0.0956 e. The highest BCUT2D eigenvalue weighted by atomic mass is 16.5. The van der Waals surface area contributed by atoms with Gasteiger partial charge in [-0.2, -0.15) is 0 Å². The first kappa shape index (κ1) is 11.1. The van der Waals surface area contributed by atoms with Gasteiger partial charge < -0.3 is 14.4 Å². The van der Waals surface area contributed by atoms with Gasteiger partial charge in [-0.3, -0.25) is 0 Å². The second-order valence-electron chi connectivity index (χ2n) is 6.37. The third-order valence-electron chi connectivity index (χ3n) is 5.38. The van der Waals surface area contributed by atoms with Gasteiger partial charge in [0.05, 0.1) is 43.6 Å². The normalized spacial score (nSPS) is 32.4. The Morgan fingerprint density at radius 1 is 1.30 bits per heavy atom. The maximum Gasteiger partial charge on any atom is 0.0956 e. The zero-order valence-corrected chi connectivity index (χ0v) is 11.1. The average Bonchev–Trinajstić information content (AvgIpc) is 2.97. The number of hydrogen-bond donors (Lipinski definition) is 1. The van der Waals surface area contributed by atoms with Gasteiger partial charge >= 0.3 is 0 Å². The van der Waals surface area contributed by atoms with Crippen molar-refractivity contribution in [3.63, 3.8) is 0 Å². The summed E-state index contributed by atoms with van der Waals surface area (Å²) in [5.74, 6) is 0.243. The van der Waals surface area contributed by atoms with E-state index >= 15 is 0 Å². The molecule has 0 bridgehead atoms. The number of aliphatic hydroxyl groups is 1. The summed E-state index contributed by atoms with van der Waals surface area (Å²) in [7, 11) is 0. The van der Waals surface area contributed by atoms with Crippen molar-refractivity contribution in [2.45, 2.75) is 18.6 Å². The molecule has 5 rings (SSSR count). The Labute approximate surface area is 117 Å². The van der Waals surface area contributed by atoms with Crippen molar-refractivity contribution in [3.8, 4) is 11.3 Å². The van der Waals surface area contributed by atoms with Crippen LogP contribution in [0.5, 0.6) is 0 Å². The fourth-order valence-electron chi connectivity index (χ4n) is 4.39. The largest absolute Gasteiger partial charge is 0.393 e. The van der Waals surface area contributed by atoms with Gasteiger partial charge in [-0.25, -0.2) is 4.98 Å². The fourth-order valence-corrected chi connectivity index (χ4v) is 4.39. The summed E-state index contributed by atoms with van der Waals surface area (Å²) in [6, 6.07) is 8.69. The second-order valence-corrected chi connectivity index (χ2v) is 6.37. The van der Waals surface area contributed by atoms with Crippen LogP contribution < -0.4 is 0 Å². The molecular formula is C16H16N2O2. The molecule has 4 heteroatoms. The molecule has 1 saturated heterocycles. The predicted molar refractivity (Wildman–Crippen MR) is 73.2 cm³/mol. The van der Waals surface area contributed by atoms with Gasteiger partial charge in [-0.05, 0) is 12.0 Å². The van der Waals surface area contributed by atoms with Gasteiger partial charge in [0.15, 0.2) is 0 Å². The zero-order valence-electron chi connectivity index (χ0n) is 11.1. The molecule has 3 heterocycles. The number of imidazole rings is 1. The van der Waals surface area contributed by atoms with E-state index < -0.39 is 0 Å². The summed E-state index contributed by atoms with van der Waals surface area (Å²) in [6.45, 7) is 1.58. The molecule has 0 unspecified atom stereocenters. The van der Waals surface area contributed by atoms with Crippen LogP contribution in [-0.2, 0) is 4.74 Å². The van der Waals surface area contributed by atoms with Gasteiger partial charge in [0, 0.05) is 16.9 Å². The third kappa shape index (κ3) is 1.13. The van der Waals surface area contributed by atoms with Crippen molar-refractivity contribution in [2.24, 2.45) is 11.3 Å². The molecule has 2 fully saturated rings. The van der Waals surface area contributed by atoms with E-state index in [-0.39, 0.29) is 23.5 Å². The minimum absolute atomic E-state index is 0.184. The predicted octanol–water partition coefficient (Wildman–Crippen LogP) is 1.85. The van der Waals surface area contributed by atoms with Crippen molar-refractivity contribution in [1.82, 2.24) is 9.55 Å². The maximum atomic E-state index is 10.4. The monoisotopic (exact) mass is 268 g/mol. The minimum Gasteiger partial charge on any atom is -0.393 e. The number of nitrogens with zero attached hydrogens (tertiary/aromatic N) is 2. The highest BCUT2D eigenvalue weighted by molar-refractivity contribution is 5.69. The van der Waals surface area contributed by atoms with E-state index in [0.717, 1.165) is 19.6 Å². The van der Waals surface area contributed by atoms with E-state index in [1.807, 2.05) is 12.5 Å². The molecule has 0 amide bonds. The minimum atomic E-state index is -0.231. The summed E-state index contributed by atoms with van der Waals surface area (Å²) >= 11 is 0. The molecule has 1 aromatic carbocycles. The Bertz CT molecular complexity index is 689. The van der Waals surface area contributed by atoms with Gasteiger partial charge in [0.2, 0.25) is 0 Å². The molecule has 1 spiro atoms. The van der Waals surface area contributed by atoms with E-state index in [2.05, 4.69) is 33.8 Å². The van der Waals surface area contributed by atoms with Crippen LogP contribution in [0.25, 0.3) is 11.3 Å². The molecule has 0 radical (unpaired) electrons. The van der Waals surface area contributed by atoms with Crippen LogP contribution in [0.2, 0.25) is 0 Å². The molecule has 4 nitrogen and oxygen atoms in total. The number of ether oxygens (including phenoxy) is 1. The number of hydrogen-bond acceptors (Lipinski definition) is 3. The van der Waals surface area contributed by atoms with Crippen molar-refractivity contribution in [1.29, 1.82) is 0 Å². The Morgan fingerprint density at radius 3 is 2.90 bits per heavy atom. The lowest BCUT2D eigenvalue weighted by Gasteiger charge is -2.60. The molecule has 20 heavy (non-hydrogen) atoms. The van der Waals surface area contributed by atoms with E-state index in [4.69, 9.17) is 4.74 Å². The van der Waals surface area contributed by atoms with Gasteiger partial charge in [-0.15, -0.1) is 0 Å². The highest BCUT2D eigenvalue weighted by Crippen LogP contribution is 2.60. The highest BCUT2D eigenvalue weighted by Gasteiger charge is 2.62. The van der Waals surface area contributed by atoms with Crippen LogP contribution in [0.4, 0.5) is 0 Å². The molecule has 1 aromatic heterocycles. The van der Waals surface area contributed by atoms with Crippen LogP contribution in [0.3, 0.4) is 0 Å². The number of rotatable bonds is 1. The van der Waals surface area contributed by atoms with Crippen molar-refractivity contribution >= 4 is 0 Å². The van der Waals surface area contributed by atoms with Crippen LogP contribution >= 0.6 is 0 Å². The summed E-state index contributed by atoms with van der Waals surface area (Å²) in [5.41, 5.74) is 3.92. The molecular weight excluding hydrogens is 252 g/mol. The van der Waals surface area contributed by atoms with E-state index in [1.54, 1.807) is 0 Å². The van der Waals surface area contributed by atoms with Crippen LogP contribution in [-0.4, -0.2) is 34.0 Å². The van der Waals surface area contributed by atoms with Crippen molar-refractivity contribution in [3.05, 3.63) is 42.4 Å². The Morgan fingerprint density at radius 2 is 2.15 bits per heavy atom. The number of benzene rings is 1. The average molecular weight is 268 g/mol. The van der Waals surface area contributed by atoms with E-state index in [9.17, 15) is 5.11 Å². The Balaban J connectivity index is 1.68. The van der Waals surface area contributed by atoms with Gasteiger partial charge in [0.1, 0.15) is 0 Å². The molecule has 1 N–H and O–H groups in total. The molecule has 3 atom stereocenters.